The maximum absolute atomic E-state index is 12.8. The van der Waals surface area contributed by atoms with E-state index in [4.69, 9.17) is 32.3 Å². The number of phosphoric ester groups is 2. The highest BCUT2D eigenvalue weighted by atomic mass is 31.2. The number of hydrogen-bond acceptors (Lipinski definition) is 14. The van der Waals surface area contributed by atoms with Crippen molar-refractivity contribution in [3.05, 3.63) is 60.8 Å². The smallest absolute Gasteiger partial charge is 0.463 e. The van der Waals surface area contributed by atoms with Crippen LogP contribution in [0.1, 0.15) is 239 Å². The second kappa shape index (κ2) is 53.9. The van der Waals surface area contributed by atoms with Gasteiger partial charge in [0.2, 0.25) is 0 Å². The summed E-state index contributed by atoms with van der Waals surface area (Å²) in [4.78, 5) is 58.0. The normalized spacial score (nSPS) is 14.9. The molecule has 0 aromatic heterocycles. The lowest BCUT2D eigenvalue weighted by molar-refractivity contribution is -0.161. The highest BCUT2D eigenvalue weighted by Gasteiger charge is 2.29. The van der Waals surface area contributed by atoms with Crippen LogP contribution in [-0.4, -0.2) is 95.9 Å². The maximum atomic E-state index is 12.8. The van der Waals surface area contributed by atoms with Gasteiger partial charge in [-0.2, -0.15) is 0 Å². The molecule has 0 saturated carbocycles. The third-order valence-corrected chi connectivity index (χ3v) is 14.0. The van der Waals surface area contributed by atoms with Crippen LogP contribution in [0.2, 0.25) is 0 Å². The fraction of sp³-hybridized carbons (Fsp3) is 0.780. The van der Waals surface area contributed by atoms with Gasteiger partial charge in [0.25, 0.3) is 0 Å². The molecule has 0 fully saturated rings. The summed E-state index contributed by atoms with van der Waals surface area (Å²) in [5.74, 6) is -1.61. The lowest BCUT2D eigenvalue weighted by Crippen LogP contribution is -2.30. The Hall–Kier alpha value is -2.75. The van der Waals surface area contributed by atoms with Crippen LogP contribution < -0.4 is 0 Å². The summed E-state index contributed by atoms with van der Waals surface area (Å²) in [5.41, 5.74) is 0. The highest BCUT2D eigenvalue weighted by molar-refractivity contribution is 7.47. The first-order valence-electron chi connectivity index (χ1n) is 29.6. The van der Waals surface area contributed by atoms with Crippen LogP contribution in [0.25, 0.3) is 0 Å². The molecule has 0 bridgehead atoms. The minimum absolute atomic E-state index is 0.0861. The van der Waals surface area contributed by atoms with Crippen molar-refractivity contribution in [3.8, 4) is 0 Å². The lowest BCUT2D eigenvalue weighted by Gasteiger charge is -2.21. The van der Waals surface area contributed by atoms with Gasteiger partial charge >= 0.3 is 33.6 Å². The quantitative estimate of drug-likeness (QED) is 0.0146. The largest absolute Gasteiger partial charge is 0.472 e. The molecule has 4 N–H and O–H groups in total. The molecule has 5 atom stereocenters. The number of carbonyl (C=O) groups excluding carboxylic acids is 3. The van der Waals surface area contributed by atoms with Gasteiger partial charge in [-0.05, 0) is 96.3 Å². The third kappa shape index (κ3) is 55.0. The van der Waals surface area contributed by atoms with Crippen molar-refractivity contribution in [1.29, 1.82) is 0 Å². The molecule has 0 rings (SSSR count). The molecule has 0 amide bonds. The first-order valence-corrected chi connectivity index (χ1v) is 32.6. The SMILES string of the molecule is CCC/C=C\C/C=C\CCCCCCCC(=O)OCC(COP(=O)(O)OCC(O)COP(=O)(O)OCC(O)COC(=O)CCCCCCC/C=C\CCCCCCCC)OC(=O)CCCCCCC/C=C\C/C=C\CCC. The van der Waals surface area contributed by atoms with E-state index in [0.29, 0.717) is 19.3 Å². The number of ether oxygens (including phenoxy) is 3. The summed E-state index contributed by atoms with van der Waals surface area (Å²) >= 11 is 0. The molecule has 0 saturated heterocycles. The van der Waals surface area contributed by atoms with Gasteiger partial charge in [0.15, 0.2) is 6.10 Å². The van der Waals surface area contributed by atoms with Crippen molar-refractivity contribution < 1.29 is 75.8 Å². The van der Waals surface area contributed by atoms with Crippen molar-refractivity contribution in [2.24, 2.45) is 0 Å². The van der Waals surface area contributed by atoms with E-state index in [2.05, 4.69) is 81.5 Å². The van der Waals surface area contributed by atoms with Crippen molar-refractivity contribution >= 4 is 33.6 Å². The van der Waals surface area contributed by atoms with Gasteiger partial charge in [0, 0.05) is 19.3 Å². The van der Waals surface area contributed by atoms with Crippen molar-refractivity contribution in [1.82, 2.24) is 0 Å². The second-order valence-electron chi connectivity index (χ2n) is 19.8. The van der Waals surface area contributed by atoms with Crippen molar-refractivity contribution in [2.75, 3.05) is 39.6 Å². The van der Waals surface area contributed by atoms with Crippen LogP contribution in [0.15, 0.2) is 60.8 Å². The van der Waals surface area contributed by atoms with E-state index in [1.54, 1.807) is 0 Å². The number of carbonyl (C=O) groups is 3. The molecular weight excluding hydrogens is 1030 g/mol. The van der Waals surface area contributed by atoms with E-state index >= 15 is 0 Å². The number of allylic oxidation sites excluding steroid dienone is 10. The molecule has 0 radical (unpaired) electrons. The van der Waals surface area contributed by atoms with Gasteiger partial charge in [-0.3, -0.25) is 32.5 Å². The van der Waals surface area contributed by atoms with E-state index in [-0.39, 0.29) is 19.3 Å². The number of rotatable bonds is 56. The minimum Gasteiger partial charge on any atom is -0.463 e. The number of phosphoric acid groups is 2. The number of aliphatic hydroxyl groups is 2. The molecule has 0 aromatic carbocycles. The summed E-state index contributed by atoms with van der Waals surface area (Å²) in [6.45, 7) is 2.47. The van der Waals surface area contributed by atoms with Gasteiger partial charge < -0.3 is 34.2 Å². The molecule has 0 aliphatic rings. The Kier molecular flexibility index (Phi) is 51.9. The van der Waals surface area contributed by atoms with Crippen molar-refractivity contribution in [2.45, 2.75) is 257 Å². The lowest BCUT2D eigenvalue weighted by atomic mass is 10.1. The minimum atomic E-state index is -4.92. The number of unbranched alkanes of at least 4 members (excludes halogenated alkanes) is 23. The zero-order chi connectivity index (χ0) is 56.8. The van der Waals surface area contributed by atoms with Crippen LogP contribution in [0.4, 0.5) is 0 Å². The summed E-state index contributed by atoms with van der Waals surface area (Å²) < 4.78 is 60.5. The van der Waals surface area contributed by atoms with Crippen LogP contribution in [0, 0.1) is 0 Å². The Morgan fingerprint density at radius 1 is 0.364 bits per heavy atom. The number of aliphatic hydroxyl groups excluding tert-OH is 2. The molecule has 0 aliphatic carbocycles. The zero-order valence-electron chi connectivity index (χ0n) is 47.9. The van der Waals surface area contributed by atoms with Crippen LogP contribution in [-0.2, 0) is 55.8 Å². The monoisotopic (exact) mass is 1130 g/mol. The average Bonchev–Trinajstić information content (AvgIpc) is 3.40. The summed E-state index contributed by atoms with van der Waals surface area (Å²) in [6.07, 6.45) is 50.1. The van der Waals surface area contributed by atoms with E-state index in [1.165, 1.54) is 38.5 Å². The fourth-order valence-electron chi connectivity index (χ4n) is 7.58. The molecular formula is C59H106O16P2. The Morgan fingerprint density at radius 2 is 0.675 bits per heavy atom. The van der Waals surface area contributed by atoms with Gasteiger partial charge in [0.1, 0.15) is 25.4 Å². The zero-order valence-corrected chi connectivity index (χ0v) is 49.7. The topological polar surface area (TPSA) is 231 Å². The van der Waals surface area contributed by atoms with E-state index in [0.717, 1.165) is 141 Å². The Bertz CT molecular complexity index is 1670. The number of esters is 3. The summed E-state index contributed by atoms with van der Waals surface area (Å²) in [6, 6.07) is 0. The van der Waals surface area contributed by atoms with E-state index < -0.39 is 91.5 Å². The van der Waals surface area contributed by atoms with Crippen molar-refractivity contribution in [3.63, 3.8) is 0 Å². The molecule has 0 spiro atoms. The van der Waals surface area contributed by atoms with Crippen LogP contribution >= 0.6 is 15.6 Å². The van der Waals surface area contributed by atoms with Gasteiger partial charge in [-0.1, -0.05) is 184 Å². The Morgan fingerprint density at radius 3 is 1.08 bits per heavy atom. The molecule has 77 heavy (non-hydrogen) atoms. The Balaban J connectivity index is 4.70. The average molecular weight is 1130 g/mol. The first kappa shape index (κ1) is 74.2. The Labute approximate surface area is 465 Å². The van der Waals surface area contributed by atoms with Gasteiger partial charge in [-0.25, -0.2) is 9.13 Å². The molecule has 0 aliphatic heterocycles. The van der Waals surface area contributed by atoms with E-state index in [1.807, 2.05) is 0 Å². The molecule has 16 nitrogen and oxygen atoms in total. The third-order valence-electron chi connectivity index (χ3n) is 12.1. The highest BCUT2D eigenvalue weighted by Crippen LogP contribution is 2.45. The van der Waals surface area contributed by atoms with E-state index in [9.17, 15) is 43.5 Å². The molecule has 448 valence electrons. The van der Waals surface area contributed by atoms with Gasteiger partial charge in [0.05, 0.1) is 26.4 Å². The second-order valence-corrected chi connectivity index (χ2v) is 22.7. The molecule has 0 aromatic rings. The summed E-state index contributed by atoms with van der Waals surface area (Å²) in [7, 11) is -9.76. The first-order chi connectivity index (χ1) is 37.2. The predicted octanol–water partition coefficient (Wildman–Crippen LogP) is 15.1. The molecule has 5 unspecified atom stereocenters. The predicted molar refractivity (Wildman–Crippen MR) is 307 cm³/mol. The molecule has 0 heterocycles. The fourth-order valence-corrected chi connectivity index (χ4v) is 9.16. The van der Waals surface area contributed by atoms with Crippen LogP contribution in [0.5, 0.6) is 0 Å². The molecule has 18 heteroatoms. The summed E-state index contributed by atoms with van der Waals surface area (Å²) in [5, 5.41) is 20.4. The maximum Gasteiger partial charge on any atom is 0.472 e. The van der Waals surface area contributed by atoms with Gasteiger partial charge in [-0.15, -0.1) is 0 Å². The number of hydrogen-bond donors (Lipinski definition) is 4. The van der Waals surface area contributed by atoms with Crippen LogP contribution in [0.3, 0.4) is 0 Å². The standard InChI is InChI=1S/C59H106O16P2/c1-4-7-10-13-16-19-22-25-26-29-31-33-36-39-42-45-57(62)69-48-54(60)49-71-76(65,66)72-50-55(61)51-73-77(67,68)74-53-56(75-59(64)47-44-41-38-35-32-28-24-21-18-15-12-9-6-3)52-70-58(63)46-43-40-37-34-30-27-23-20-17-14-11-8-5-2/h11-12,14-15,20-21,23-26,54-56,60-61H,4-10,13,16-19,22,27-53H2,1-3H3,(H,65,66)(H,67,68)/b14-11-,15-12-,23-20-,24-21-,26-25-.